The van der Waals surface area contributed by atoms with Crippen LogP contribution in [-0.2, 0) is 21.7 Å². The molecule has 0 amide bonds. The minimum Gasteiger partial charge on any atom is -0.0510 e. The van der Waals surface area contributed by atoms with Gasteiger partial charge in [-0.25, -0.2) is 0 Å². The Morgan fingerprint density at radius 1 is 0.200 bits per heavy atom. The second-order valence-corrected chi connectivity index (χ2v) is 26.5. The maximum absolute atomic E-state index is 2.91. The first kappa shape index (κ1) is 24.3. The van der Waals surface area contributed by atoms with Gasteiger partial charge in [-0.3, -0.25) is 0 Å². The molecule has 11 aliphatic rings. The predicted molar refractivity (Wildman–Crippen MR) is 268 cm³/mol. The summed E-state index contributed by atoms with van der Waals surface area (Å²) in [7, 11) is 0. The van der Waals surface area contributed by atoms with Gasteiger partial charge in [0, 0.05) is 33.0 Å². The monoisotopic (exact) mass is 796 g/mol. The summed E-state index contributed by atoms with van der Waals surface area (Å²) in [6.07, 6.45) is 0. The van der Waals surface area contributed by atoms with Crippen LogP contribution >= 0.6 is 0 Å². The summed E-state index contributed by atoms with van der Waals surface area (Å²) in [5.74, 6) is 0.368. The third-order valence-electron chi connectivity index (χ3n) is 26.5. The van der Waals surface area contributed by atoms with Gasteiger partial charge in [-0.05, 0) is 321 Å². The fourth-order valence-corrected chi connectivity index (χ4v) is 26.9. The van der Waals surface area contributed by atoms with Crippen LogP contribution in [-0.4, -0.2) is 0 Å². The number of hydrogen-bond donors (Lipinski definition) is 0. The molecule has 0 heterocycles. The fraction of sp³-hybridized carbons (Fsp3) is 0.169. The molecule has 0 radical (unpaired) electrons. The number of rotatable bonds is 0. The summed E-state index contributed by atoms with van der Waals surface area (Å²) in [5.41, 5.74) is 24.7. The van der Waals surface area contributed by atoms with Crippen LogP contribution in [0.2, 0.25) is 0 Å². The lowest BCUT2D eigenvalue weighted by atomic mass is 9.42. The molecule has 21 aromatic rings. The van der Waals surface area contributed by atoms with E-state index in [0.717, 1.165) is 0 Å². The number of hydrogen-bond acceptors (Lipinski definition) is 0. The molecule has 0 spiro atoms. The first-order valence-electron chi connectivity index (χ1n) is 25.1. The molecule has 0 aliphatic heterocycles. The maximum Gasteiger partial charge on any atom is 0.0446 e. The highest BCUT2D eigenvalue weighted by atomic mass is 14.8. The zero-order valence-corrected chi connectivity index (χ0v) is 35.1. The topological polar surface area (TPSA) is 0 Å². The lowest BCUT2D eigenvalue weighted by Crippen LogP contribution is -2.52. The van der Waals surface area contributed by atoms with Gasteiger partial charge in [-0.2, -0.15) is 0 Å². The minimum atomic E-state index is -0.178. The average Bonchev–Trinajstić information content (AvgIpc) is 4.15. The highest BCUT2D eigenvalue weighted by molar-refractivity contribution is 6.77. The lowest BCUT2D eigenvalue weighted by Gasteiger charge is -2.59. The largest absolute Gasteiger partial charge is 0.0510 e. The molecule has 0 saturated heterocycles. The molecular weight excluding hydrogens is 781 g/mol. The molecular formula is C65H16. The van der Waals surface area contributed by atoms with Gasteiger partial charge in [-0.1, -0.05) is 6.92 Å². The SMILES string of the molecule is CC12C3=C4C5=C6C7(C)c8c9c%10c%11c(c1c1c%12c2c2c%13c%14c(c%15c%16c%17c(c7c7c8c8c%10c%10c%18c%11c1c1c%11c%12c%13c%12c%13c%14c%16c%14c%16c%17c7c7c8c%10c8c(c%181)c(c%11%12)c(c%13%14)c8c7%16)C5%15C)C42C)C9C36C. The van der Waals surface area contributed by atoms with Gasteiger partial charge < -0.3 is 0 Å². The molecule has 4 atom stereocenters. The molecule has 0 nitrogen and oxygen atoms in total. The first-order valence-corrected chi connectivity index (χ1v) is 25.1. The Morgan fingerprint density at radius 3 is 0.631 bits per heavy atom. The van der Waals surface area contributed by atoms with Crippen molar-refractivity contribution in [3.05, 3.63) is 77.9 Å². The molecule has 65 heavy (non-hydrogen) atoms. The summed E-state index contributed by atoms with van der Waals surface area (Å²) in [6.45, 7) is 14.4. The van der Waals surface area contributed by atoms with Crippen LogP contribution < -0.4 is 0 Å². The van der Waals surface area contributed by atoms with Crippen LogP contribution in [0.25, 0.3) is 215 Å². The summed E-state index contributed by atoms with van der Waals surface area (Å²) in [4.78, 5) is 0. The molecule has 11 aliphatic carbocycles. The Bertz CT molecular complexity index is 6260. The molecule has 4 unspecified atom stereocenters. The van der Waals surface area contributed by atoms with Gasteiger partial charge in [0.15, 0.2) is 0 Å². The summed E-state index contributed by atoms with van der Waals surface area (Å²) < 4.78 is 0. The zero-order valence-electron chi connectivity index (χ0n) is 35.1. The van der Waals surface area contributed by atoms with E-state index in [4.69, 9.17) is 0 Å². The van der Waals surface area contributed by atoms with Crippen molar-refractivity contribution in [3.63, 3.8) is 0 Å². The normalized spacial score (nSPS) is 32.7. The van der Waals surface area contributed by atoms with Crippen LogP contribution in [0.3, 0.4) is 0 Å². The van der Waals surface area contributed by atoms with Crippen LogP contribution in [0, 0.1) is 5.41 Å². The average molecular weight is 797 g/mol. The van der Waals surface area contributed by atoms with E-state index in [1.165, 1.54) is 0 Å². The van der Waals surface area contributed by atoms with Crippen molar-refractivity contribution >= 4 is 215 Å². The zero-order chi connectivity index (χ0) is 39.3. The van der Waals surface area contributed by atoms with Gasteiger partial charge >= 0.3 is 0 Å². The van der Waals surface area contributed by atoms with Gasteiger partial charge in [0.2, 0.25) is 0 Å². The third-order valence-corrected chi connectivity index (χ3v) is 26.5. The van der Waals surface area contributed by atoms with E-state index in [2.05, 4.69) is 34.6 Å². The van der Waals surface area contributed by atoms with Crippen LogP contribution in [0.4, 0.5) is 0 Å². The van der Waals surface area contributed by atoms with Gasteiger partial charge in [0.25, 0.3) is 0 Å². The molecule has 0 aromatic heterocycles. The van der Waals surface area contributed by atoms with E-state index in [1.54, 1.807) is 260 Å². The number of benzene rings is 15. The summed E-state index contributed by atoms with van der Waals surface area (Å²) >= 11 is 0. The lowest BCUT2D eigenvalue weighted by molar-refractivity contribution is 0.300. The van der Waals surface area contributed by atoms with E-state index in [0.29, 0.717) is 5.92 Å². The Hall–Kier alpha value is -7.02. The van der Waals surface area contributed by atoms with Gasteiger partial charge in [-0.15, -0.1) is 0 Å². The molecule has 0 N–H and O–H groups in total. The quantitative estimate of drug-likeness (QED) is 0.134. The van der Waals surface area contributed by atoms with Crippen molar-refractivity contribution in [2.45, 2.75) is 62.2 Å². The summed E-state index contributed by atoms with van der Waals surface area (Å²) in [6, 6.07) is 0. The molecule has 21 aromatic carbocycles. The van der Waals surface area contributed by atoms with Crippen molar-refractivity contribution in [2.24, 2.45) is 5.41 Å². The molecule has 32 rings (SSSR count). The van der Waals surface area contributed by atoms with E-state index in [-0.39, 0.29) is 27.1 Å². The van der Waals surface area contributed by atoms with Crippen molar-refractivity contribution in [1.29, 1.82) is 0 Å². The Balaban J connectivity index is 1.25. The van der Waals surface area contributed by atoms with E-state index >= 15 is 0 Å². The van der Waals surface area contributed by atoms with Crippen LogP contribution in [0.5, 0.6) is 0 Å². The molecule has 0 fully saturated rings. The van der Waals surface area contributed by atoms with E-state index < -0.39 is 0 Å². The minimum absolute atomic E-state index is 0.101. The second kappa shape index (κ2) is 5.05. The summed E-state index contributed by atoms with van der Waals surface area (Å²) in [5, 5.41) is 68.2. The van der Waals surface area contributed by atoms with Crippen molar-refractivity contribution in [2.75, 3.05) is 0 Å². The maximum atomic E-state index is 2.91. The van der Waals surface area contributed by atoms with Crippen molar-refractivity contribution in [1.82, 2.24) is 0 Å². The Labute approximate surface area is 359 Å². The fourth-order valence-electron chi connectivity index (χ4n) is 26.9. The highest BCUT2D eigenvalue weighted by Gasteiger charge is 2.79. The Morgan fingerprint density at radius 2 is 0.385 bits per heavy atom. The van der Waals surface area contributed by atoms with Crippen LogP contribution in [0.1, 0.15) is 96.2 Å². The van der Waals surface area contributed by atoms with E-state index in [9.17, 15) is 0 Å². The van der Waals surface area contributed by atoms with Gasteiger partial charge in [0.1, 0.15) is 0 Å². The molecule has 0 saturated carbocycles. The standard InChI is InChI=1S/C65H16/c1-61-51-42-34-24-17-10-8-6-7-9(10)16-21-19-12(7)14-13-11(6)18-20-15(8)22(24)32-30(20)40-38-28(18)26(13)36-37-27(14)29(19)39-41-31(21)33-23(16)25(17)35(34)43-45(33)54-56(41)64(4)49(39)47(37)50-46(36)48(38)63(3,55(40)53(61)44(32)42)59-57(61)58(60(64)65(50,59)5)62(54,2)52(43)51/h50H,1-5H3. The van der Waals surface area contributed by atoms with Crippen molar-refractivity contribution in [3.8, 4) is 0 Å². The van der Waals surface area contributed by atoms with Gasteiger partial charge in [0.05, 0.1) is 0 Å². The molecule has 0 bridgehead atoms. The predicted octanol–water partition coefficient (Wildman–Crippen LogP) is 16.2. The molecule has 276 valence electrons. The smallest absolute Gasteiger partial charge is 0.0446 e. The molecule has 0 heteroatoms. The van der Waals surface area contributed by atoms with Crippen molar-refractivity contribution < 1.29 is 0 Å². The van der Waals surface area contributed by atoms with Crippen LogP contribution in [0.15, 0.2) is 22.3 Å². The van der Waals surface area contributed by atoms with E-state index in [1.807, 2.05) is 33.4 Å². The highest BCUT2D eigenvalue weighted by Crippen LogP contribution is 2.92. The Kier molecular flexibility index (Phi) is 1.89. The first-order chi connectivity index (χ1) is 31.8. The number of allylic oxidation sites excluding steroid dienone is 4. The second-order valence-electron chi connectivity index (χ2n) is 26.5. The third kappa shape index (κ3) is 1.17.